The molecule has 1 aromatic carbocycles. The minimum absolute atomic E-state index is 0.200. The zero-order valence-electron chi connectivity index (χ0n) is 11.8. The fourth-order valence-electron chi connectivity index (χ4n) is 2.52. The molecule has 1 aromatic heterocycles. The number of fused-ring (bicyclic) bond motifs is 1. The molecule has 0 spiro atoms. The van der Waals surface area contributed by atoms with Crippen LogP contribution in [0.2, 0.25) is 0 Å². The van der Waals surface area contributed by atoms with Crippen LogP contribution in [-0.2, 0) is 11.2 Å². The van der Waals surface area contributed by atoms with Gasteiger partial charge in [-0.2, -0.15) is 11.3 Å². The van der Waals surface area contributed by atoms with Crippen LogP contribution in [-0.4, -0.2) is 28.9 Å². The van der Waals surface area contributed by atoms with Gasteiger partial charge < -0.3 is 5.11 Å². The number of aliphatic hydroxyl groups excluding tert-OH is 1. The van der Waals surface area contributed by atoms with Crippen LogP contribution < -0.4 is 0 Å². The molecule has 1 aliphatic heterocycles. The first kappa shape index (κ1) is 14.0. The molecule has 0 radical (unpaired) electrons. The predicted molar refractivity (Wildman–Crippen MR) is 80.4 cm³/mol. The van der Waals surface area contributed by atoms with Crippen molar-refractivity contribution in [3.63, 3.8) is 0 Å². The third-order valence-electron chi connectivity index (χ3n) is 3.89. The van der Waals surface area contributed by atoms with Crippen molar-refractivity contribution in [3.05, 3.63) is 56.8 Å². The average Bonchev–Trinajstić information content (AvgIpc) is 2.90. The molecule has 108 valence electrons. The molecule has 4 nitrogen and oxygen atoms in total. The summed E-state index contributed by atoms with van der Waals surface area (Å²) in [6.45, 7) is 1.95. The van der Waals surface area contributed by atoms with Crippen molar-refractivity contribution >= 4 is 23.2 Å². The van der Waals surface area contributed by atoms with Gasteiger partial charge in [0.25, 0.3) is 5.91 Å². The van der Waals surface area contributed by atoms with Crippen molar-refractivity contribution in [2.45, 2.75) is 19.4 Å². The highest BCUT2D eigenvalue weighted by Gasteiger charge is 2.28. The molecule has 0 bridgehead atoms. The normalized spacial score (nSPS) is 16.0. The number of carbonyl (C=O) groups excluding carboxylic acids is 2. The van der Waals surface area contributed by atoms with E-state index in [1.807, 2.05) is 17.7 Å². The molecule has 1 N–H and O–H groups in total. The van der Waals surface area contributed by atoms with E-state index in [1.54, 1.807) is 18.2 Å². The van der Waals surface area contributed by atoms with Gasteiger partial charge in [0.15, 0.2) is 0 Å². The third kappa shape index (κ3) is 2.28. The second-order valence-corrected chi connectivity index (χ2v) is 6.01. The van der Waals surface area contributed by atoms with Crippen molar-refractivity contribution in [2.24, 2.45) is 0 Å². The fraction of sp³-hybridized carbons (Fsp3) is 0.250. The van der Waals surface area contributed by atoms with E-state index >= 15 is 0 Å². The number of hydrogen-bond donors (Lipinski definition) is 1. The van der Waals surface area contributed by atoms with Crippen LogP contribution in [0.3, 0.4) is 0 Å². The Morgan fingerprint density at radius 3 is 2.71 bits per heavy atom. The monoisotopic (exact) mass is 301 g/mol. The first-order valence-corrected chi connectivity index (χ1v) is 7.57. The molecule has 0 saturated carbocycles. The van der Waals surface area contributed by atoms with Crippen LogP contribution in [0.5, 0.6) is 0 Å². The largest absolute Gasteiger partial charge is 0.384 e. The van der Waals surface area contributed by atoms with Crippen LogP contribution in [0.4, 0.5) is 0 Å². The Hall–Kier alpha value is -1.98. The number of carbonyl (C=O) groups is 2. The lowest BCUT2D eigenvalue weighted by Crippen LogP contribution is -2.39. The van der Waals surface area contributed by atoms with Crippen molar-refractivity contribution in [2.75, 3.05) is 7.05 Å². The molecule has 2 amide bonds. The molecule has 1 atom stereocenters. The van der Waals surface area contributed by atoms with Gasteiger partial charge in [-0.05, 0) is 46.0 Å². The van der Waals surface area contributed by atoms with E-state index in [4.69, 9.17) is 0 Å². The van der Waals surface area contributed by atoms with E-state index in [1.165, 1.54) is 18.4 Å². The van der Waals surface area contributed by atoms with Crippen molar-refractivity contribution < 1.29 is 14.7 Å². The number of benzene rings is 1. The van der Waals surface area contributed by atoms with Gasteiger partial charge in [-0.25, -0.2) is 0 Å². The van der Waals surface area contributed by atoms with Gasteiger partial charge >= 0.3 is 0 Å². The Labute approximate surface area is 126 Å². The average molecular weight is 301 g/mol. The summed E-state index contributed by atoms with van der Waals surface area (Å²) in [5.74, 6) is -0.508. The number of hydrogen-bond acceptors (Lipinski definition) is 4. The maximum Gasteiger partial charge on any atom is 0.260 e. The molecule has 0 saturated heterocycles. The van der Waals surface area contributed by atoms with Crippen LogP contribution >= 0.6 is 11.3 Å². The van der Waals surface area contributed by atoms with E-state index < -0.39 is 6.10 Å². The lowest BCUT2D eigenvalue weighted by molar-refractivity contribution is -0.127. The number of amides is 2. The van der Waals surface area contributed by atoms with Crippen LogP contribution in [0.25, 0.3) is 0 Å². The summed E-state index contributed by atoms with van der Waals surface area (Å²) in [6, 6.07) is 5.24. The van der Waals surface area contributed by atoms with Crippen LogP contribution in [0.15, 0.2) is 29.0 Å². The number of aryl methyl sites for hydroxylation is 1. The molecule has 1 aliphatic rings. The van der Waals surface area contributed by atoms with Gasteiger partial charge in [0.2, 0.25) is 5.91 Å². The van der Waals surface area contributed by atoms with Crippen molar-refractivity contribution in [1.29, 1.82) is 0 Å². The number of thiophene rings is 1. The maximum absolute atomic E-state index is 12.2. The highest BCUT2D eigenvalue weighted by Crippen LogP contribution is 2.30. The van der Waals surface area contributed by atoms with Crippen LogP contribution in [0.1, 0.15) is 38.7 Å². The zero-order chi connectivity index (χ0) is 15.1. The van der Waals surface area contributed by atoms with Crippen LogP contribution in [0, 0.1) is 6.92 Å². The van der Waals surface area contributed by atoms with Gasteiger partial charge in [-0.15, -0.1) is 0 Å². The minimum Gasteiger partial charge on any atom is -0.384 e. The Morgan fingerprint density at radius 2 is 2.05 bits per heavy atom. The second kappa shape index (κ2) is 5.09. The Kier molecular flexibility index (Phi) is 3.39. The molecular formula is C16H15NO3S. The van der Waals surface area contributed by atoms with Gasteiger partial charge in [0.05, 0.1) is 6.42 Å². The minimum atomic E-state index is -0.753. The van der Waals surface area contributed by atoms with E-state index in [0.29, 0.717) is 11.1 Å². The fourth-order valence-corrected chi connectivity index (χ4v) is 3.39. The third-order valence-corrected chi connectivity index (χ3v) is 4.77. The summed E-state index contributed by atoms with van der Waals surface area (Å²) >= 11 is 1.54. The van der Waals surface area contributed by atoms with E-state index in [9.17, 15) is 14.7 Å². The van der Waals surface area contributed by atoms with Crippen molar-refractivity contribution in [3.8, 4) is 0 Å². The number of nitrogens with zero attached hydrogens (tertiary/aromatic N) is 1. The lowest BCUT2D eigenvalue weighted by Gasteiger charge is -2.24. The topological polar surface area (TPSA) is 57.6 Å². The predicted octanol–water partition coefficient (Wildman–Crippen LogP) is 2.29. The lowest BCUT2D eigenvalue weighted by atomic mass is 9.93. The molecule has 3 rings (SSSR count). The molecule has 2 heterocycles. The molecule has 0 aliphatic carbocycles. The molecule has 5 heteroatoms. The molecule has 0 fully saturated rings. The van der Waals surface area contributed by atoms with Gasteiger partial charge in [-0.3, -0.25) is 14.5 Å². The smallest absolute Gasteiger partial charge is 0.260 e. The Morgan fingerprint density at radius 1 is 1.29 bits per heavy atom. The summed E-state index contributed by atoms with van der Waals surface area (Å²) in [4.78, 5) is 25.0. The quantitative estimate of drug-likeness (QED) is 0.866. The summed E-state index contributed by atoms with van der Waals surface area (Å²) < 4.78 is 0. The number of rotatable bonds is 2. The van der Waals surface area contributed by atoms with Gasteiger partial charge in [0, 0.05) is 12.6 Å². The number of aliphatic hydroxyl groups is 1. The SMILES string of the molecule is Cc1cscc1C(O)c1ccc2c(c1)C(=O)N(C)C(=O)C2. The number of imide groups is 1. The highest BCUT2D eigenvalue weighted by molar-refractivity contribution is 7.08. The zero-order valence-corrected chi connectivity index (χ0v) is 12.6. The first-order valence-electron chi connectivity index (χ1n) is 6.63. The molecular weight excluding hydrogens is 286 g/mol. The molecule has 21 heavy (non-hydrogen) atoms. The highest BCUT2D eigenvalue weighted by atomic mass is 32.1. The van der Waals surface area contributed by atoms with E-state index in [0.717, 1.165) is 21.6 Å². The summed E-state index contributed by atoms with van der Waals surface area (Å²) in [7, 11) is 1.49. The summed E-state index contributed by atoms with van der Waals surface area (Å²) in [6.07, 6.45) is -0.525. The molecule has 1 unspecified atom stereocenters. The van der Waals surface area contributed by atoms with Crippen molar-refractivity contribution in [1.82, 2.24) is 4.90 Å². The van der Waals surface area contributed by atoms with E-state index in [-0.39, 0.29) is 18.2 Å². The van der Waals surface area contributed by atoms with E-state index in [2.05, 4.69) is 0 Å². The molecule has 2 aromatic rings. The second-order valence-electron chi connectivity index (χ2n) is 5.26. The summed E-state index contributed by atoms with van der Waals surface area (Å²) in [5, 5.41) is 14.4. The number of likely N-dealkylation sites (N-methyl/N-ethyl adjacent to an activating group) is 1. The van der Waals surface area contributed by atoms with Gasteiger partial charge in [0.1, 0.15) is 6.10 Å². The van der Waals surface area contributed by atoms with Gasteiger partial charge in [-0.1, -0.05) is 12.1 Å². The summed E-state index contributed by atoms with van der Waals surface area (Å²) in [5.41, 5.74) is 3.78. The first-order chi connectivity index (χ1) is 9.99. The maximum atomic E-state index is 12.2. The Balaban J connectivity index is 2.02. The standard InChI is InChI=1S/C16H15NO3S/c1-9-7-21-8-13(9)15(19)11-4-3-10-6-14(18)17(2)16(20)12(10)5-11/h3-5,7-8,15,19H,6H2,1-2H3. The Bertz CT molecular complexity index is 735.